The predicted molar refractivity (Wildman–Crippen MR) is 111 cm³/mol. The Morgan fingerprint density at radius 3 is 2.55 bits per heavy atom. The van der Waals surface area contributed by atoms with Gasteiger partial charge in [0.1, 0.15) is 5.82 Å². The summed E-state index contributed by atoms with van der Waals surface area (Å²) in [5.41, 5.74) is 1.99. The van der Waals surface area contributed by atoms with Gasteiger partial charge in [0.2, 0.25) is 0 Å². The summed E-state index contributed by atoms with van der Waals surface area (Å²) in [5, 5.41) is 2.89. The van der Waals surface area contributed by atoms with Crippen LogP contribution in [-0.2, 0) is 6.54 Å². The van der Waals surface area contributed by atoms with Crippen molar-refractivity contribution in [2.45, 2.75) is 13.5 Å². The Kier molecular flexibility index (Phi) is 6.93. The molecule has 0 spiro atoms. The largest absolute Gasteiger partial charge is 0.493 e. The number of piperazine rings is 1. The van der Waals surface area contributed by atoms with Gasteiger partial charge in [-0.3, -0.25) is 4.79 Å². The molecule has 2 aromatic carbocycles. The smallest absolute Gasteiger partial charge is 0.253 e. The number of hydrogen-bond donors (Lipinski definition) is 1. The summed E-state index contributed by atoms with van der Waals surface area (Å²) >= 11 is 0. The van der Waals surface area contributed by atoms with Gasteiger partial charge in [0, 0.05) is 38.4 Å². The number of methoxy groups -OCH3 is 1. The van der Waals surface area contributed by atoms with Crippen LogP contribution in [-0.4, -0.2) is 57.8 Å². The molecule has 6 nitrogen and oxygen atoms in total. The SMILES string of the molecule is CCOc1ccc(CNC(=O)c2cc(F)ccc2N2CCN(C)CC2)cc1OC. The van der Waals surface area contributed by atoms with E-state index in [1.165, 1.54) is 12.1 Å². The average molecular weight is 401 g/mol. The topological polar surface area (TPSA) is 54.0 Å². The lowest BCUT2D eigenvalue weighted by Gasteiger charge is -2.35. The summed E-state index contributed by atoms with van der Waals surface area (Å²) in [5.74, 6) is 0.553. The molecule has 3 rings (SSSR count). The monoisotopic (exact) mass is 401 g/mol. The fourth-order valence-corrected chi connectivity index (χ4v) is 3.39. The number of nitrogens with one attached hydrogen (secondary N) is 1. The van der Waals surface area contributed by atoms with Gasteiger partial charge in [-0.25, -0.2) is 4.39 Å². The van der Waals surface area contributed by atoms with E-state index in [0.717, 1.165) is 37.4 Å². The van der Waals surface area contributed by atoms with Crippen molar-refractivity contribution in [3.63, 3.8) is 0 Å². The van der Waals surface area contributed by atoms with E-state index in [9.17, 15) is 9.18 Å². The van der Waals surface area contributed by atoms with Crippen LogP contribution in [0.5, 0.6) is 11.5 Å². The van der Waals surface area contributed by atoms with Gasteiger partial charge >= 0.3 is 0 Å². The lowest BCUT2D eigenvalue weighted by molar-refractivity contribution is 0.0950. The molecule has 0 aromatic heterocycles. The Balaban J connectivity index is 1.73. The molecule has 0 unspecified atom stereocenters. The summed E-state index contributed by atoms with van der Waals surface area (Å²) in [4.78, 5) is 17.2. The first-order valence-corrected chi connectivity index (χ1v) is 9.82. The number of nitrogens with zero attached hydrogens (tertiary/aromatic N) is 2. The molecule has 1 aliphatic heterocycles. The van der Waals surface area contributed by atoms with Crippen LogP contribution in [0.15, 0.2) is 36.4 Å². The number of benzene rings is 2. The zero-order valence-electron chi connectivity index (χ0n) is 17.2. The minimum atomic E-state index is -0.421. The molecular weight excluding hydrogens is 373 g/mol. The van der Waals surface area contributed by atoms with Gasteiger partial charge in [0.05, 0.1) is 19.3 Å². The number of hydrogen-bond acceptors (Lipinski definition) is 5. The first-order valence-electron chi connectivity index (χ1n) is 9.82. The Labute approximate surface area is 171 Å². The van der Waals surface area contributed by atoms with Crippen molar-refractivity contribution in [2.24, 2.45) is 0 Å². The minimum absolute atomic E-state index is 0.300. The first kappa shape index (κ1) is 20.9. The van der Waals surface area contributed by atoms with Crippen molar-refractivity contribution in [2.75, 3.05) is 51.8 Å². The Morgan fingerprint density at radius 1 is 1.10 bits per heavy atom. The van der Waals surface area contributed by atoms with E-state index in [1.807, 2.05) is 25.1 Å². The summed E-state index contributed by atoms with van der Waals surface area (Å²) in [7, 11) is 3.65. The third-order valence-corrected chi connectivity index (χ3v) is 5.03. The quantitative estimate of drug-likeness (QED) is 0.773. The van der Waals surface area contributed by atoms with E-state index in [1.54, 1.807) is 13.2 Å². The normalized spacial score (nSPS) is 14.6. The van der Waals surface area contributed by atoms with Crippen LogP contribution in [0, 0.1) is 5.82 Å². The van der Waals surface area contributed by atoms with Gasteiger partial charge in [-0.1, -0.05) is 6.07 Å². The van der Waals surface area contributed by atoms with E-state index in [-0.39, 0.29) is 5.91 Å². The average Bonchev–Trinajstić information content (AvgIpc) is 2.73. The summed E-state index contributed by atoms with van der Waals surface area (Å²) < 4.78 is 24.8. The molecule has 0 saturated carbocycles. The maximum atomic E-state index is 13.9. The standard InChI is InChI=1S/C22H28FN3O3/c1-4-29-20-8-5-16(13-21(20)28-3)15-24-22(27)18-14-17(23)6-7-19(18)26-11-9-25(2)10-12-26/h5-8,13-14H,4,9-12,15H2,1-3H3,(H,24,27). The van der Waals surface area contributed by atoms with Gasteiger partial charge in [0.15, 0.2) is 11.5 Å². The maximum Gasteiger partial charge on any atom is 0.253 e. The van der Waals surface area contributed by atoms with E-state index in [2.05, 4.69) is 22.2 Å². The summed E-state index contributed by atoms with van der Waals surface area (Å²) in [6.45, 7) is 6.18. The van der Waals surface area contributed by atoms with Crippen molar-refractivity contribution < 1.29 is 18.7 Å². The first-order chi connectivity index (χ1) is 14.0. The van der Waals surface area contributed by atoms with Crippen molar-refractivity contribution in [3.8, 4) is 11.5 Å². The van der Waals surface area contributed by atoms with Crippen LogP contribution in [0.25, 0.3) is 0 Å². The van der Waals surface area contributed by atoms with Gasteiger partial charge in [-0.2, -0.15) is 0 Å². The van der Waals surface area contributed by atoms with Gasteiger partial charge in [0.25, 0.3) is 5.91 Å². The van der Waals surface area contributed by atoms with E-state index in [4.69, 9.17) is 9.47 Å². The number of amides is 1. The second-order valence-corrected chi connectivity index (χ2v) is 7.05. The molecule has 0 radical (unpaired) electrons. The third-order valence-electron chi connectivity index (χ3n) is 5.03. The molecular formula is C22H28FN3O3. The highest BCUT2D eigenvalue weighted by atomic mass is 19.1. The number of likely N-dealkylation sites (N-methyl/N-ethyl adjacent to an activating group) is 1. The molecule has 1 amide bonds. The lowest BCUT2D eigenvalue weighted by Crippen LogP contribution is -2.45. The van der Waals surface area contributed by atoms with Crippen LogP contribution >= 0.6 is 0 Å². The Hall–Kier alpha value is -2.80. The molecule has 29 heavy (non-hydrogen) atoms. The molecule has 1 heterocycles. The van der Waals surface area contributed by atoms with Crippen molar-refractivity contribution in [3.05, 3.63) is 53.3 Å². The summed E-state index contributed by atoms with van der Waals surface area (Å²) in [6, 6.07) is 9.93. The van der Waals surface area contributed by atoms with Gasteiger partial charge in [-0.05, 0) is 49.9 Å². The van der Waals surface area contributed by atoms with Crippen LogP contribution in [0.4, 0.5) is 10.1 Å². The number of carbonyl (C=O) groups is 1. The fraction of sp³-hybridized carbons (Fsp3) is 0.409. The number of ether oxygens (including phenoxy) is 2. The second kappa shape index (κ2) is 9.60. The lowest BCUT2D eigenvalue weighted by atomic mass is 10.1. The molecule has 0 atom stereocenters. The van der Waals surface area contributed by atoms with Crippen LogP contribution in [0.3, 0.4) is 0 Å². The highest BCUT2D eigenvalue weighted by Gasteiger charge is 2.21. The molecule has 1 fully saturated rings. The van der Waals surface area contributed by atoms with E-state index in [0.29, 0.717) is 30.2 Å². The van der Waals surface area contributed by atoms with Crippen LogP contribution in [0.1, 0.15) is 22.8 Å². The highest BCUT2D eigenvalue weighted by Crippen LogP contribution is 2.28. The molecule has 1 aliphatic rings. The van der Waals surface area contributed by atoms with E-state index >= 15 is 0 Å². The highest BCUT2D eigenvalue weighted by molar-refractivity contribution is 5.99. The van der Waals surface area contributed by atoms with Crippen molar-refractivity contribution in [1.82, 2.24) is 10.2 Å². The molecule has 156 valence electrons. The number of halogens is 1. The Morgan fingerprint density at radius 2 is 1.86 bits per heavy atom. The number of carbonyl (C=O) groups excluding carboxylic acids is 1. The molecule has 0 aliphatic carbocycles. The zero-order chi connectivity index (χ0) is 20.8. The number of rotatable bonds is 7. The number of anilines is 1. The van der Waals surface area contributed by atoms with Gasteiger partial charge < -0.3 is 24.6 Å². The Bertz CT molecular complexity index is 851. The second-order valence-electron chi connectivity index (χ2n) is 7.05. The van der Waals surface area contributed by atoms with Crippen molar-refractivity contribution >= 4 is 11.6 Å². The third kappa shape index (κ3) is 5.17. The van der Waals surface area contributed by atoms with Crippen molar-refractivity contribution in [1.29, 1.82) is 0 Å². The molecule has 7 heteroatoms. The molecule has 2 aromatic rings. The van der Waals surface area contributed by atoms with Crippen LogP contribution < -0.4 is 19.7 Å². The van der Waals surface area contributed by atoms with Gasteiger partial charge in [-0.15, -0.1) is 0 Å². The fourth-order valence-electron chi connectivity index (χ4n) is 3.39. The molecule has 0 bridgehead atoms. The van der Waals surface area contributed by atoms with Crippen LogP contribution in [0.2, 0.25) is 0 Å². The summed E-state index contributed by atoms with van der Waals surface area (Å²) in [6.07, 6.45) is 0. The predicted octanol–water partition coefficient (Wildman–Crippen LogP) is 2.91. The molecule has 1 saturated heterocycles. The maximum absolute atomic E-state index is 13.9. The molecule has 1 N–H and O–H groups in total. The van der Waals surface area contributed by atoms with E-state index < -0.39 is 5.82 Å². The zero-order valence-corrected chi connectivity index (χ0v) is 17.2. The minimum Gasteiger partial charge on any atom is -0.493 e.